The number of carbonyl (C=O) groups is 2. The van der Waals surface area contributed by atoms with E-state index in [2.05, 4.69) is 20.2 Å². The Morgan fingerprint density at radius 3 is 2.88 bits per heavy atom. The van der Waals surface area contributed by atoms with Gasteiger partial charge in [-0.25, -0.2) is 9.78 Å². The minimum absolute atomic E-state index is 0.0287. The lowest BCUT2D eigenvalue weighted by Crippen LogP contribution is -2.15. The molecular formula is C15H18N4O3S2. The van der Waals surface area contributed by atoms with Crippen LogP contribution in [0, 0.1) is 0 Å². The van der Waals surface area contributed by atoms with Crippen LogP contribution in [0.1, 0.15) is 16.1 Å². The van der Waals surface area contributed by atoms with Crippen LogP contribution in [0.5, 0.6) is 0 Å². The largest absolute Gasteiger partial charge is 0.478 e. The van der Waals surface area contributed by atoms with Crippen LogP contribution in [0.4, 0.5) is 5.69 Å². The molecule has 9 heteroatoms. The van der Waals surface area contributed by atoms with Crippen LogP contribution in [-0.2, 0) is 11.2 Å². The number of nitrogens with one attached hydrogen (secondary N) is 1. The molecule has 2 N–H and O–H groups in total. The van der Waals surface area contributed by atoms with Crippen molar-refractivity contribution in [2.75, 3.05) is 31.7 Å². The Morgan fingerprint density at radius 1 is 1.38 bits per heavy atom. The molecule has 24 heavy (non-hydrogen) atoms. The second-order valence-corrected chi connectivity index (χ2v) is 7.45. The molecule has 128 valence electrons. The van der Waals surface area contributed by atoms with Crippen molar-refractivity contribution in [2.24, 2.45) is 0 Å². The SMILES string of the molecule is CN(C)CCSc1nc(CC(=O)Nc2cncc(C(=O)O)c2)cs1. The van der Waals surface area contributed by atoms with Crippen LogP contribution in [0.3, 0.4) is 0 Å². The average Bonchev–Trinajstić information content (AvgIpc) is 2.94. The molecule has 0 aliphatic rings. The van der Waals surface area contributed by atoms with E-state index in [-0.39, 0.29) is 17.9 Å². The fraction of sp³-hybridized carbons (Fsp3) is 0.333. The van der Waals surface area contributed by atoms with Gasteiger partial charge in [0.05, 0.1) is 29.6 Å². The van der Waals surface area contributed by atoms with Gasteiger partial charge in [0, 0.05) is 23.9 Å². The monoisotopic (exact) mass is 366 g/mol. The molecule has 1 amide bonds. The average molecular weight is 366 g/mol. The lowest BCUT2D eigenvalue weighted by Gasteiger charge is -2.06. The number of hydrogen-bond donors (Lipinski definition) is 2. The number of pyridine rings is 1. The molecule has 0 unspecified atom stereocenters. The molecule has 2 aromatic rings. The molecule has 0 bridgehead atoms. The Labute approximate surface area is 148 Å². The van der Waals surface area contributed by atoms with Crippen LogP contribution < -0.4 is 5.32 Å². The van der Waals surface area contributed by atoms with Crippen LogP contribution >= 0.6 is 23.1 Å². The maximum atomic E-state index is 12.0. The highest BCUT2D eigenvalue weighted by Crippen LogP contribution is 2.23. The Hall–Kier alpha value is -1.97. The van der Waals surface area contributed by atoms with Crippen molar-refractivity contribution < 1.29 is 14.7 Å². The third-order valence-corrected chi connectivity index (χ3v) is 4.96. The molecule has 0 saturated heterocycles. The van der Waals surface area contributed by atoms with Crippen LogP contribution in [0.25, 0.3) is 0 Å². The van der Waals surface area contributed by atoms with Crippen molar-refractivity contribution in [1.29, 1.82) is 0 Å². The fourth-order valence-electron chi connectivity index (χ4n) is 1.75. The van der Waals surface area contributed by atoms with E-state index >= 15 is 0 Å². The van der Waals surface area contributed by atoms with Gasteiger partial charge in [-0.05, 0) is 20.2 Å². The lowest BCUT2D eigenvalue weighted by atomic mass is 10.2. The maximum absolute atomic E-state index is 12.0. The van der Waals surface area contributed by atoms with E-state index in [1.165, 1.54) is 29.8 Å². The number of carboxylic acids is 1. The fourth-order valence-corrected chi connectivity index (χ4v) is 3.77. The van der Waals surface area contributed by atoms with Crippen molar-refractivity contribution in [2.45, 2.75) is 10.8 Å². The maximum Gasteiger partial charge on any atom is 0.337 e. The molecule has 2 heterocycles. The predicted octanol–water partition coefficient (Wildman–Crippen LogP) is 2.07. The number of carbonyl (C=O) groups excluding carboxylic acids is 1. The van der Waals surface area contributed by atoms with Crippen molar-refractivity contribution in [3.63, 3.8) is 0 Å². The summed E-state index contributed by atoms with van der Waals surface area (Å²) >= 11 is 3.18. The molecule has 0 aliphatic carbocycles. The lowest BCUT2D eigenvalue weighted by molar-refractivity contribution is -0.115. The Balaban J connectivity index is 1.87. The highest BCUT2D eigenvalue weighted by Gasteiger charge is 2.10. The van der Waals surface area contributed by atoms with Crippen LogP contribution in [0.15, 0.2) is 28.2 Å². The summed E-state index contributed by atoms with van der Waals surface area (Å²) in [6.45, 7) is 0.965. The topological polar surface area (TPSA) is 95.4 Å². The number of rotatable bonds is 8. The van der Waals surface area contributed by atoms with E-state index in [1.807, 2.05) is 19.5 Å². The van der Waals surface area contributed by atoms with Gasteiger partial charge in [0.1, 0.15) is 4.34 Å². The molecule has 0 spiro atoms. The number of thiazole rings is 1. The van der Waals surface area contributed by atoms with Crippen molar-refractivity contribution in [1.82, 2.24) is 14.9 Å². The summed E-state index contributed by atoms with van der Waals surface area (Å²) in [5.41, 5.74) is 1.09. The summed E-state index contributed by atoms with van der Waals surface area (Å²) in [4.78, 5) is 33.3. The zero-order valence-electron chi connectivity index (χ0n) is 13.4. The van der Waals surface area contributed by atoms with Gasteiger partial charge in [0.25, 0.3) is 0 Å². The normalized spacial score (nSPS) is 10.8. The van der Waals surface area contributed by atoms with Crippen molar-refractivity contribution in [3.05, 3.63) is 35.1 Å². The Kier molecular flexibility index (Phi) is 6.71. The first-order valence-corrected chi connectivity index (χ1v) is 9.00. The van der Waals surface area contributed by atoms with Gasteiger partial charge in [-0.3, -0.25) is 9.78 Å². The summed E-state index contributed by atoms with van der Waals surface area (Å²) in [6.07, 6.45) is 2.78. The predicted molar refractivity (Wildman–Crippen MR) is 94.9 cm³/mol. The second kappa shape index (κ2) is 8.76. The number of hydrogen-bond acceptors (Lipinski definition) is 7. The molecule has 0 aliphatic heterocycles. The number of thioether (sulfide) groups is 1. The summed E-state index contributed by atoms with van der Waals surface area (Å²) < 4.78 is 0.939. The van der Waals surface area contributed by atoms with E-state index in [4.69, 9.17) is 5.11 Å². The van der Waals surface area contributed by atoms with E-state index in [9.17, 15) is 9.59 Å². The quantitative estimate of drug-likeness (QED) is 0.691. The van der Waals surface area contributed by atoms with Crippen molar-refractivity contribution in [3.8, 4) is 0 Å². The zero-order valence-corrected chi connectivity index (χ0v) is 15.0. The minimum atomic E-state index is -1.09. The Morgan fingerprint density at radius 2 is 2.17 bits per heavy atom. The van der Waals surface area contributed by atoms with Gasteiger partial charge in [-0.1, -0.05) is 11.8 Å². The highest BCUT2D eigenvalue weighted by molar-refractivity contribution is 8.01. The zero-order chi connectivity index (χ0) is 17.5. The first kappa shape index (κ1) is 18.4. The molecule has 0 radical (unpaired) electrons. The molecule has 0 atom stereocenters. The second-order valence-electron chi connectivity index (χ2n) is 5.25. The summed E-state index contributed by atoms with van der Waals surface area (Å²) in [6, 6.07) is 1.37. The molecule has 2 rings (SSSR count). The smallest absolute Gasteiger partial charge is 0.337 e. The first-order valence-electron chi connectivity index (χ1n) is 7.14. The Bertz CT molecular complexity index is 718. The summed E-state index contributed by atoms with van der Waals surface area (Å²) in [5, 5.41) is 13.4. The van der Waals surface area contributed by atoms with Gasteiger partial charge in [0.2, 0.25) is 5.91 Å². The minimum Gasteiger partial charge on any atom is -0.478 e. The van der Waals surface area contributed by atoms with E-state index < -0.39 is 5.97 Å². The number of aromatic carboxylic acids is 1. The molecule has 2 aromatic heterocycles. The van der Waals surface area contributed by atoms with E-state index in [1.54, 1.807) is 11.8 Å². The van der Waals surface area contributed by atoms with E-state index in [0.717, 1.165) is 16.6 Å². The van der Waals surface area contributed by atoms with Gasteiger partial charge >= 0.3 is 5.97 Å². The van der Waals surface area contributed by atoms with E-state index in [0.29, 0.717) is 11.4 Å². The number of anilines is 1. The molecule has 0 fully saturated rings. The molecule has 7 nitrogen and oxygen atoms in total. The third kappa shape index (κ3) is 5.91. The van der Waals surface area contributed by atoms with Crippen LogP contribution in [0.2, 0.25) is 0 Å². The van der Waals surface area contributed by atoms with Gasteiger partial charge in [0.15, 0.2) is 0 Å². The summed E-state index contributed by atoms with van der Waals surface area (Å²) in [7, 11) is 4.04. The van der Waals surface area contributed by atoms with Gasteiger partial charge in [-0.2, -0.15) is 0 Å². The third-order valence-electron chi connectivity index (χ3n) is 2.91. The number of aromatic nitrogens is 2. The summed E-state index contributed by atoms with van der Waals surface area (Å²) in [5.74, 6) is -0.397. The van der Waals surface area contributed by atoms with Crippen LogP contribution in [-0.4, -0.2) is 58.2 Å². The highest BCUT2D eigenvalue weighted by atomic mass is 32.2. The van der Waals surface area contributed by atoms with Gasteiger partial charge in [-0.15, -0.1) is 11.3 Å². The first-order chi connectivity index (χ1) is 11.4. The molecule has 0 saturated carbocycles. The number of amides is 1. The number of carboxylic acid groups (broad SMARTS) is 1. The van der Waals surface area contributed by atoms with Crippen molar-refractivity contribution >= 4 is 40.7 Å². The number of nitrogens with zero attached hydrogens (tertiary/aromatic N) is 3. The molecular weight excluding hydrogens is 348 g/mol. The standard InChI is InChI=1S/C15H18N4O3S2/c1-19(2)3-4-23-15-18-12(9-24-15)6-13(20)17-11-5-10(14(21)22)7-16-8-11/h5,7-9H,3-4,6H2,1-2H3,(H,17,20)(H,21,22). The van der Waals surface area contributed by atoms with Gasteiger partial charge < -0.3 is 15.3 Å². The molecule has 0 aromatic carbocycles.